The highest BCUT2D eigenvalue weighted by Gasteiger charge is 2.23. The van der Waals surface area contributed by atoms with Crippen LogP contribution in [0.3, 0.4) is 0 Å². The lowest BCUT2D eigenvalue weighted by molar-refractivity contribution is -0.125. The van der Waals surface area contributed by atoms with Gasteiger partial charge >= 0.3 is 0 Å². The van der Waals surface area contributed by atoms with Gasteiger partial charge in [-0.1, -0.05) is 12.1 Å². The summed E-state index contributed by atoms with van der Waals surface area (Å²) in [5.74, 6) is 1.84. The van der Waals surface area contributed by atoms with Gasteiger partial charge in [0.25, 0.3) is 0 Å². The molecule has 3 rings (SSSR count). The van der Waals surface area contributed by atoms with Crippen LogP contribution in [0.4, 0.5) is 0 Å². The van der Waals surface area contributed by atoms with Crippen LogP contribution in [0.25, 0.3) is 11.0 Å². The number of nitrogens with one attached hydrogen (secondary N) is 1. The van der Waals surface area contributed by atoms with Gasteiger partial charge in [-0.3, -0.25) is 4.79 Å². The van der Waals surface area contributed by atoms with Gasteiger partial charge in [-0.15, -0.1) is 0 Å². The highest BCUT2D eigenvalue weighted by Crippen LogP contribution is 2.21. The van der Waals surface area contributed by atoms with Crippen molar-refractivity contribution in [3.8, 4) is 0 Å². The predicted molar refractivity (Wildman–Crippen MR) is 104 cm³/mol. The summed E-state index contributed by atoms with van der Waals surface area (Å²) >= 11 is 1.76. The van der Waals surface area contributed by atoms with Crippen LogP contribution < -0.4 is 5.32 Å². The lowest BCUT2D eigenvalue weighted by Crippen LogP contribution is -2.35. The van der Waals surface area contributed by atoms with Crippen LogP contribution in [0.15, 0.2) is 48.8 Å². The van der Waals surface area contributed by atoms with Crippen molar-refractivity contribution in [2.45, 2.75) is 25.4 Å². The van der Waals surface area contributed by atoms with E-state index in [-0.39, 0.29) is 18.0 Å². The van der Waals surface area contributed by atoms with Crippen LogP contribution in [-0.2, 0) is 11.8 Å². The number of benzene rings is 1. The van der Waals surface area contributed by atoms with E-state index in [1.807, 2.05) is 71.9 Å². The molecule has 0 radical (unpaired) electrons. The van der Waals surface area contributed by atoms with Crippen molar-refractivity contribution < 1.29 is 4.79 Å². The van der Waals surface area contributed by atoms with Crippen LogP contribution in [0, 0.1) is 0 Å². The van der Waals surface area contributed by atoms with E-state index in [1.165, 1.54) is 0 Å². The van der Waals surface area contributed by atoms with Crippen LogP contribution >= 0.6 is 11.8 Å². The highest BCUT2D eigenvalue weighted by atomic mass is 32.2. The molecule has 0 aliphatic heterocycles. The fraction of sp³-hybridized carbons (Fsp3) is 0.368. The Bertz CT molecular complexity index is 840. The number of carbonyl (C=O) groups is 1. The number of aryl methyl sites for hydroxylation is 1. The quantitative estimate of drug-likeness (QED) is 0.704. The normalized spacial score (nSPS) is 13.7. The monoisotopic (exact) mass is 356 g/mol. The number of hydrogen-bond donors (Lipinski definition) is 1. The first-order valence-corrected chi connectivity index (χ1v) is 9.84. The summed E-state index contributed by atoms with van der Waals surface area (Å²) in [6.45, 7) is 1.99. The highest BCUT2D eigenvalue weighted by molar-refractivity contribution is 7.98. The fourth-order valence-electron chi connectivity index (χ4n) is 3.13. The van der Waals surface area contributed by atoms with Crippen LogP contribution in [0.1, 0.15) is 31.3 Å². The number of imidazole rings is 1. The number of hydrogen-bond acceptors (Lipinski definition) is 3. The van der Waals surface area contributed by atoms with E-state index in [9.17, 15) is 4.79 Å². The summed E-state index contributed by atoms with van der Waals surface area (Å²) in [5, 5.41) is 3.14. The summed E-state index contributed by atoms with van der Waals surface area (Å²) in [6.07, 6.45) is 6.76. The van der Waals surface area contributed by atoms with Crippen LogP contribution in [0.2, 0.25) is 0 Å². The number of carbonyl (C=O) groups excluding carboxylic acids is 1. The molecule has 0 bridgehead atoms. The third-order valence-corrected chi connectivity index (χ3v) is 5.10. The Hall–Kier alpha value is -2.21. The molecule has 0 fully saturated rings. The van der Waals surface area contributed by atoms with Crippen molar-refractivity contribution in [1.29, 1.82) is 0 Å². The van der Waals surface area contributed by atoms with Gasteiger partial charge in [-0.2, -0.15) is 11.8 Å². The standard InChI is InChI=1S/C19H24N4OS/c1-14(18-21-15-8-4-5-9-16(15)22(18)2)20-19(24)17(10-13-25-3)23-11-6-7-12-23/h4-9,11-12,14,17H,10,13H2,1-3H3,(H,20,24)/t14-,17-/m1/s1. The third-order valence-electron chi connectivity index (χ3n) is 4.45. The molecule has 6 heteroatoms. The number of thioether (sulfide) groups is 1. The molecule has 2 aromatic heterocycles. The van der Waals surface area contributed by atoms with E-state index in [0.29, 0.717) is 0 Å². The SMILES string of the molecule is CSCC[C@H](C(=O)N[C@H](C)c1nc2ccccc2n1C)n1cccc1. The van der Waals surface area contributed by atoms with Gasteiger partial charge in [0.1, 0.15) is 11.9 Å². The van der Waals surface area contributed by atoms with E-state index < -0.39 is 0 Å². The Balaban J connectivity index is 1.79. The molecule has 3 aromatic rings. The minimum atomic E-state index is -0.195. The molecule has 0 spiro atoms. The van der Waals surface area contributed by atoms with E-state index in [2.05, 4.69) is 16.6 Å². The summed E-state index contributed by atoms with van der Waals surface area (Å²) in [6, 6.07) is 11.6. The second kappa shape index (κ2) is 7.78. The summed E-state index contributed by atoms with van der Waals surface area (Å²) in [7, 11) is 1.99. The lowest BCUT2D eigenvalue weighted by Gasteiger charge is -2.21. The molecule has 0 saturated carbocycles. The smallest absolute Gasteiger partial charge is 0.243 e. The van der Waals surface area contributed by atoms with E-state index in [1.54, 1.807) is 11.8 Å². The Morgan fingerprint density at radius 1 is 1.24 bits per heavy atom. The number of aromatic nitrogens is 3. The average molecular weight is 356 g/mol. The molecule has 0 saturated heterocycles. The van der Waals surface area contributed by atoms with Crippen molar-refractivity contribution in [3.05, 3.63) is 54.6 Å². The molecule has 0 aliphatic rings. The molecule has 0 aliphatic carbocycles. The fourth-order valence-corrected chi connectivity index (χ4v) is 3.59. The first-order valence-electron chi connectivity index (χ1n) is 8.45. The van der Waals surface area contributed by atoms with E-state index in [4.69, 9.17) is 0 Å². The minimum Gasteiger partial charge on any atom is -0.345 e. The summed E-state index contributed by atoms with van der Waals surface area (Å²) in [4.78, 5) is 17.6. The molecule has 25 heavy (non-hydrogen) atoms. The largest absolute Gasteiger partial charge is 0.345 e. The van der Waals surface area contributed by atoms with Crippen LogP contribution in [-0.4, -0.2) is 32.0 Å². The van der Waals surface area contributed by atoms with E-state index in [0.717, 1.165) is 29.0 Å². The van der Waals surface area contributed by atoms with Crippen LogP contribution in [0.5, 0.6) is 0 Å². The third kappa shape index (κ3) is 3.74. The van der Waals surface area contributed by atoms with Gasteiger partial charge in [0.2, 0.25) is 5.91 Å². The Morgan fingerprint density at radius 2 is 1.96 bits per heavy atom. The van der Waals surface area contributed by atoms with Crippen molar-refractivity contribution in [1.82, 2.24) is 19.4 Å². The molecule has 2 atom stereocenters. The zero-order valence-electron chi connectivity index (χ0n) is 14.8. The maximum Gasteiger partial charge on any atom is 0.243 e. The Kier molecular flexibility index (Phi) is 5.48. The number of fused-ring (bicyclic) bond motifs is 1. The molecule has 5 nitrogen and oxygen atoms in total. The number of amides is 1. The van der Waals surface area contributed by atoms with E-state index >= 15 is 0 Å². The van der Waals surface area contributed by atoms with Gasteiger partial charge in [-0.25, -0.2) is 4.98 Å². The molecule has 0 unspecified atom stereocenters. The Labute approximate surface area is 152 Å². The predicted octanol–water partition coefficient (Wildman–Crippen LogP) is 3.55. The maximum atomic E-state index is 12.9. The van der Waals surface area contributed by atoms with Gasteiger partial charge in [0.05, 0.1) is 17.1 Å². The average Bonchev–Trinajstić information content (AvgIpc) is 3.24. The summed E-state index contributed by atoms with van der Waals surface area (Å²) in [5.41, 5.74) is 2.02. The maximum absolute atomic E-state index is 12.9. The zero-order valence-corrected chi connectivity index (χ0v) is 15.7. The van der Waals surface area contributed by atoms with Gasteiger partial charge < -0.3 is 14.5 Å². The first-order chi connectivity index (χ1) is 12.1. The molecule has 2 heterocycles. The lowest BCUT2D eigenvalue weighted by atomic mass is 10.2. The van der Waals surface area contributed by atoms with Crippen molar-refractivity contribution in [2.24, 2.45) is 7.05 Å². The van der Waals surface area contributed by atoms with Crippen molar-refractivity contribution in [2.75, 3.05) is 12.0 Å². The van der Waals surface area contributed by atoms with Gasteiger partial charge in [0, 0.05) is 19.4 Å². The van der Waals surface area contributed by atoms with Crippen molar-refractivity contribution >= 4 is 28.7 Å². The molecule has 132 valence electrons. The molecule has 1 N–H and O–H groups in total. The number of para-hydroxylation sites is 2. The number of nitrogens with zero attached hydrogens (tertiary/aromatic N) is 3. The molecule has 1 aromatic carbocycles. The topological polar surface area (TPSA) is 51.9 Å². The molecular formula is C19H24N4OS. The number of rotatable bonds is 7. The summed E-state index contributed by atoms with van der Waals surface area (Å²) < 4.78 is 4.03. The second-order valence-electron chi connectivity index (χ2n) is 6.18. The minimum absolute atomic E-state index is 0.0322. The van der Waals surface area contributed by atoms with Gasteiger partial charge in [-0.05, 0) is 49.6 Å². The molecular weight excluding hydrogens is 332 g/mol. The zero-order chi connectivity index (χ0) is 17.8. The second-order valence-corrected chi connectivity index (χ2v) is 7.16. The Morgan fingerprint density at radius 3 is 2.64 bits per heavy atom. The van der Waals surface area contributed by atoms with Gasteiger partial charge in [0.15, 0.2) is 0 Å². The molecule has 1 amide bonds. The first kappa shape index (κ1) is 17.6. The van der Waals surface area contributed by atoms with Crippen molar-refractivity contribution in [3.63, 3.8) is 0 Å².